The topological polar surface area (TPSA) is 18.5 Å². The molecule has 0 bridgehead atoms. The van der Waals surface area contributed by atoms with Gasteiger partial charge in [-0.2, -0.15) is 0 Å². The summed E-state index contributed by atoms with van der Waals surface area (Å²) in [7, 11) is 1.74. The predicted octanol–water partition coefficient (Wildman–Crippen LogP) is 4.95. The number of benzene rings is 1. The molecule has 1 saturated carbocycles. The molecule has 2 rings (SSSR count). The molecule has 1 atom stereocenters. The summed E-state index contributed by atoms with van der Waals surface area (Å²) in [5.74, 6) is 3.15. The fourth-order valence-corrected chi connectivity index (χ4v) is 2.55. The van der Waals surface area contributed by atoms with Gasteiger partial charge < -0.3 is 9.47 Å². The van der Waals surface area contributed by atoms with Crippen LogP contribution in [0.1, 0.15) is 63.5 Å². The van der Waals surface area contributed by atoms with Crippen LogP contribution in [0.5, 0.6) is 11.5 Å². The molecule has 1 unspecified atom stereocenters. The van der Waals surface area contributed by atoms with Crippen LogP contribution in [0, 0.1) is 5.92 Å². The zero-order valence-corrected chi connectivity index (χ0v) is 13.4. The molecule has 0 amide bonds. The van der Waals surface area contributed by atoms with E-state index in [4.69, 9.17) is 9.47 Å². The van der Waals surface area contributed by atoms with Crippen molar-refractivity contribution in [2.24, 2.45) is 5.92 Å². The Morgan fingerprint density at radius 3 is 2.50 bits per heavy atom. The van der Waals surface area contributed by atoms with E-state index in [1.54, 1.807) is 7.11 Å². The molecular formula is C18H28O2. The first-order valence-electron chi connectivity index (χ1n) is 8.03. The lowest BCUT2D eigenvalue weighted by Crippen LogP contribution is -2.05. The van der Waals surface area contributed by atoms with Crippen molar-refractivity contribution in [3.8, 4) is 11.5 Å². The number of rotatable bonds is 8. The first kappa shape index (κ1) is 15.2. The largest absolute Gasteiger partial charge is 0.493 e. The zero-order chi connectivity index (χ0) is 14.5. The van der Waals surface area contributed by atoms with Crippen molar-refractivity contribution in [1.82, 2.24) is 0 Å². The van der Waals surface area contributed by atoms with Gasteiger partial charge in [-0.15, -0.1) is 0 Å². The molecule has 0 saturated heterocycles. The zero-order valence-electron chi connectivity index (χ0n) is 13.4. The van der Waals surface area contributed by atoms with Gasteiger partial charge in [-0.25, -0.2) is 0 Å². The van der Waals surface area contributed by atoms with E-state index >= 15 is 0 Å². The molecule has 0 aliphatic heterocycles. The van der Waals surface area contributed by atoms with Gasteiger partial charge in [0.2, 0.25) is 0 Å². The molecule has 1 aliphatic rings. The highest BCUT2D eigenvalue weighted by atomic mass is 16.5. The highest BCUT2D eigenvalue weighted by molar-refractivity contribution is 5.48. The minimum Gasteiger partial charge on any atom is -0.493 e. The van der Waals surface area contributed by atoms with Gasteiger partial charge in [-0.3, -0.25) is 0 Å². The SMILES string of the molecule is CCCc1cc(OCC2CC2)c(OC)cc1C(C)CC. The Morgan fingerprint density at radius 2 is 1.95 bits per heavy atom. The molecule has 20 heavy (non-hydrogen) atoms. The van der Waals surface area contributed by atoms with Crippen LogP contribution >= 0.6 is 0 Å². The maximum Gasteiger partial charge on any atom is 0.161 e. The Bertz CT molecular complexity index is 435. The van der Waals surface area contributed by atoms with Gasteiger partial charge in [0.25, 0.3) is 0 Å². The summed E-state index contributed by atoms with van der Waals surface area (Å²) in [5.41, 5.74) is 2.85. The van der Waals surface area contributed by atoms with Crippen LogP contribution in [0.2, 0.25) is 0 Å². The summed E-state index contributed by atoms with van der Waals surface area (Å²) in [5, 5.41) is 0. The molecule has 0 heterocycles. The van der Waals surface area contributed by atoms with E-state index in [1.807, 2.05) is 0 Å². The highest BCUT2D eigenvalue weighted by Crippen LogP contribution is 2.37. The molecule has 0 radical (unpaired) electrons. The molecular weight excluding hydrogens is 248 g/mol. The van der Waals surface area contributed by atoms with E-state index in [-0.39, 0.29) is 0 Å². The van der Waals surface area contributed by atoms with Gasteiger partial charge in [0.1, 0.15) is 0 Å². The normalized spacial score (nSPS) is 16.0. The smallest absolute Gasteiger partial charge is 0.161 e. The maximum absolute atomic E-state index is 5.98. The molecule has 2 heteroatoms. The minimum absolute atomic E-state index is 0.572. The molecule has 1 fully saturated rings. The monoisotopic (exact) mass is 276 g/mol. The van der Waals surface area contributed by atoms with E-state index < -0.39 is 0 Å². The van der Waals surface area contributed by atoms with Gasteiger partial charge in [-0.1, -0.05) is 27.2 Å². The lowest BCUT2D eigenvalue weighted by molar-refractivity contribution is 0.280. The predicted molar refractivity (Wildman–Crippen MR) is 83.9 cm³/mol. The summed E-state index contributed by atoms with van der Waals surface area (Å²) in [6.07, 6.45) is 6.06. The third kappa shape index (κ3) is 3.68. The van der Waals surface area contributed by atoms with Crippen molar-refractivity contribution in [2.75, 3.05) is 13.7 Å². The third-order valence-electron chi connectivity index (χ3n) is 4.26. The van der Waals surface area contributed by atoms with Crippen molar-refractivity contribution in [1.29, 1.82) is 0 Å². The summed E-state index contributed by atoms with van der Waals surface area (Å²) in [6, 6.07) is 4.41. The van der Waals surface area contributed by atoms with Crippen molar-refractivity contribution in [3.63, 3.8) is 0 Å². The molecule has 1 aromatic carbocycles. The van der Waals surface area contributed by atoms with Crippen LogP contribution in [0.25, 0.3) is 0 Å². The van der Waals surface area contributed by atoms with Crippen molar-refractivity contribution >= 4 is 0 Å². The van der Waals surface area contributed by atoms with Gasteiger partial charge >= 0.3 is 0 Å². The van der Waals surface area contributed by atoms with E-state index in [9.17, 15) is 0 Å². The number of hydrogen-bond acceptors (Lipinski definition) is 2. The molecule has 0 N–H and O–H groups in total. The molecule has 112 valence electrons. The van der Waals surface area contributed by atoms with E-state index in [0.717, 1.165) is 43.3 Å². The van der Waals surface area contributed by atoms with Crippen LogP contribution in [-0.4, -0.2) is 13.7 Å². The van der Waals surface area contributed by atoms with Gasteiger partial charge in [0, 0.05) is 0 Å². The first-order valence-corrected chi connectivity index (χ1v) is 8.03. The summed E-state index contributed by atoms with van der Waals surface area (Å²) >= 11 is 0. The number of aryl methyl sites for hydroxylation is 1. The van der Waals surface area contributed by atoms with Crippen LogP contribution in [0.4, 0.5) is 0 Å². The van der Waals surface area contributed by atoms with Gasteiger partial charge in [0.15, 0.2) is 11.5 Å². The van der Waals surface area contributed by atoms with Crippen LogP contribution < -0.4 is 9.47 Å². The number of hydrogen-bond donors (Lipinski definition) is 0. The Kier molecular flexibility index (Phi) is 5.33. The Labute approximate surface area is 123 Å². The standard InChI is InChI=1S/C18H28O2/c1-5-7-15-10-18(20-12-14-8-9-14)17(19-4)11-16(15)13(3)6-2/h10-11,13-14H,5-9,12H2,1-4H3. The summed E-state index contributed by atoms with van der Waals surface area (Å²) in [6.45, 7) is 7.60. The molecule has 1 aliphatic carbocycles. The fourth-order valence-electron chi connectivity index (χ4n) is 2.55. The number of methoxy groups -OCH3 is 1. The highest BCUT2D eigenvalue weighted by Gasteiger charge is 2.23. The Hall–Kier alpha value is -1.18. The average molecular weight is 276 g/mol. The summed E-state index contributed by atoms with van der Waals surface area (Å²) < 4.78 is 11.5. The van der Waals surface area contributed by atoms with Crippen LogP contribution in [0.15, 0.2) is 12.1 Å². The van der Waals surface area contributed by atoms with Crippen molar-refractivity contribution in [3.05, 3.63) is 23.3 Å². The van der Waals surface area contributed by atoms with Crippen LogP contribution in [0.3, 0.4) is 0 Å². The second-order valence-corrected chi connectivity index (χ2v) is 6.02. The first-order chi connectivity index (χ1) is 9.69. The molecule has 0 aromatic heterocycles. The van der Waals surface area contributed by atoms with E-state index in [0.29, 0.717) is 5.92 Å². The van der Waals surface area contributed by atoms with E-state index in [1.165, 1.54) is 24.0 Å². The van der Waals surface area contributed by atoms with Gasteiger partial charge in [-0.05, 0) is 60.8 Å². The minimum atomic E-state index is 0.572. The van der Waals surface area contributed by atoms with Crippen LogP contribution in [-0.2, 0) is 6.42 Å². The molecule has 1 aromatic rings. The lowest BCUT2D eigenvalue weighted by atomic mass is 9.91. The molecule has 2 nitrogen and oxygen atoms in total. The van der Waals surface area contributed by atoms with Crippen molar-refractivity contribution in [2.45, 2.75) is 58.8 Å². The van der Waals surface area contributed by atoms with Gasteiger partial charge in [0.05, 0.1) is 13.7 Å². The summed E-state index contributed by atoms with van der Waals surface area (Å²) in [4.78, 5) is 0. The molecule has 0 spiro atoms. The fraction of sp³-hybridized carbons (Fsp3) is 0.667. The maximum atomic E-state index is 5.98. The van der Waals surface area contributed by atoms with Crippen molar-refractivity contribution < 1.29 is 9.47 Å². The average Bonchev–Trinajstić information content (AvgIpc) is 3.28. The second kappa shape index (κ2) is 7.01. The van der Waals surface area contributed by atoms with E-state index in [2.05, 4.69) is 32.9 Å². The lowest BCUT2D eigenvalue weighted by Gasteiger charge is -2.19. The third-order valence-corrected chi connectivity index (χ3v) is 4.26. The Balaban J connectivity index is 2.27. The Morgan fingerprint density at radius 1 is 1.20 bits per heavy atom. The quantitative estimate of drug-likeness (QED) is 0.669. The number of ether oxygens (including phenoxy) is 2. The second-order valence-electron chi connectivity index (χ2n) is 6.02.